The van der Waals surface area contributed by atoms with Crippen molar-refractivity contribution < 1.29 is 14.3 Å². The van der Waals surface area contributed by atoms with Gasteiger partial charge in [0.25, 0.3) is 5.91 Å². The number of aryl methyl sites for hydroxylation is 2. The van der Waals surface area contributed by atoms with E-state index in [0.29, 0.717) is 28.1 Å². The van der Waals surface area contributed by atoms with Gasteiger partial charge in [-0.3, -0.25) is 14.9 Å². The maximum atomic E-state index is 12.5. The molecule has 1 N–H and O–H groups in total. The number of nitrogens with one attached hydrogen (secondary N) is 1. The van der Waals surface area contributed by atoms with Crippen LogP contribution in [0.2, 0.25) is 0 Å². The van der Waals surface area contributed by atoms with Gasteiger partial charge in [-0.2, -0.15) is 5.26 Å². The molecule has 0 aliphatic carbocycles. The van der Waals surface area contributed by atoms with E-state index in [2.05, 4.69) is 21.4 Å². The molecule has 0 fully saturated rings. The molecule has 1 aromatic carbocycles. The Kier molecular flexibility index (Phi) is 6.47. The van der Waals surface area contributed by atoms with Gasteiger partial charge in [0.15, 0.2) is 11.5 Å². The normalized spacial score (nSPS) is 11.0. The molecule has 1 aromatic heterocycles. The molecule has 1 amide bonds. The van der Waals surface area contributed by atoms with Crippen molar-refractivity contribution in [2.75, 3.05) is 19.1 Å². The molecule has 0 bridgehead atoms. The molecule has 6 nitrogen and oxygen atoms in total. The van der Waals surface area contributed by atoms with Gasteiger partial charge < -0.3 is 9.47 Å². The number of nitriles is 1. The highest BCUT2D eigenvalue weighted by atomic mass is 79.9. The Morgan fingerprint density at radius 3 is 2.54 bits per heavy atom. The molecule has 0 saturated heterocycles. The Morgan fingerprint density at radius 1 is 1.35 bits per heavy atom. The zero-order valence-corrected chi connectivity index (χ0v) is 16.7. The molecule has 136 valence electrons. The van der Waals surface area contributed by atoms with E-state index in [1.54, 1.807) is 16.8 Å². The molecule has 2 aromatic rings. The van der Waals surface area contributed by atoms with Gasteiger partial charge in [0, 0.05) is 11.4 Å². The largest absolute Gasteiger partial charge is 0.493 e. The molecule has 26 heavy (non-hydrogen) atoms. The number of benzene rings is 1. The van der Waals surface area contributed by atoms with Crippen LogP contribution in [0.1, 0.15) is 23.9 Å². The van der Waals surface area contributed by atoms with E-state index in [1.807, 2.05) is 39.0 Å². The van der Waals surface area contributed by atoms with Gasteiger partial charge in [-0.1, -0.05) is 0 Å². The smallest absolute Gasteiger partial charge is 0.280 e. The molecule has 0 radical (unpaired) electrons. The highest BCUT2D eigenvalue weighted by molar-refractivity contribution is 9.10. The van der Waals surface area contributed by atoms with E-state index >= 15 is 0 Å². The standard InChI is InChI=1S/C19H20BrN3O3/c1-5-26-18-16(20)9-14(10-17(18)25-4)8-15(11-21)19(24)22-23-12(2)6-7-13(23)3/h6-10H,5H2,1-4H3,(H,22,24)/b15-8-. The number of hydrogen-bond donors (Lipinski definition) is 1. The highest BCUT2D eigenvalue weighted by Gasteiger charge is 2.14. The first-order chi connectivity index (χ1) is 12.4. The van der Waals surface area contributed by atoms with E-state index in [0.717, 1.165) is 11.4 Å². The van der Waals surface area contributed by atoms with Crippen molar-refractivity contribution in [1.29, 1.82) is 5.26 Å². The molecule has 0 saturated carbocycles. The Morgan fingerprint density at radius 2 is 2.00 bits per heavy atom. The van der Waals surface area contributed by atoms with Gasteiger partial charge in [-0.05, 0) is 72.6 Å². The second-order valence-corrected chi connectivity index (χ2v) is 6.38. The van der Waals surface area contributed by atoms with Crippen molar-refractivity contribution in [1.82, 2.24) is 4.68 Å². The van der Waals surface area contributed by atoms with Crippen LogP contribution in [0, 0.1) is 25.2 Å². The van der Waals surface area contributed by atoms with Crippen molar-refractivity contribution in [2.45, 2.75) is 20.8 Å². The van der Waals surface area contributed by atoms with Gasteiger partial charge >= 0.3 is 0 Å². The second-order valence-electron chi connectivity index (χ2n) is 5.53. The van der Waals surface area contributed by atoms with E-state index in [-0.39, 0.29) is 5.57 Å². The minimum Gasteiger partial charge on any atom is -0.493 e. The fourth-order valence-corrected chi connectivity index (χ4v) is 3.00. The number of rotatable bonds is 6. The lowest BCUT2D eigenvalue weighted by Gasteiger charge is -2.13. The number of aromatic nitrogens is 1. The first kappa shape index (κ1) is 19.6. The summed E-state index contributed by atoms with van der Waals surface area (Å²) in [5.74, 6) is 0.606. The summed E-state index contributed by atoms with van der Waals surface area (Å²) in [6.07, 6.45) is 1.51. The van der Waals surface area contributed by atoms with Crippen molar-refractivity contribution >= 4 is 27.9 Å². The van der Waals surface area contributed by atoms with Crippen LogP contribution in [0.3, 0.4) is 0 Å². The number of halogens is 1. The van der Waals surface area contributed by atoms with Crippen LogP contribution in [-0.2, 0) is 4.79 Å². The summed E-state index contributed by atoms with van der Waals surface area (Å²) in [5.41, 5.74) is 5.10. The van der Waals surface area contributed by atoms with E-state index < -0.39 is 5.91 Å². The average Bonchev–Trinajstić information content (AvgIpc) is 2.93. The van der Waals surface area contributed by atoms with Gasteiger partial charge in [0.05, 0.1) is 18.2 Å². The summed E-state index contributed by atoms with van der Waals surface area (Å²) >= 11 is 3.43. The van der Waals surface area contributed by atoms with Crippen LogP contribution in [-0.4, -0.2) is 24.3 Å². The summed E-state index contributed by atoms with van der Waals surface area (Å²) in [4.78, 5) is 12.5. The fraction of sp³-hybridized carbons (Fsp3) is 0.263. The first-order valence-electron chi connectivity index (χ1n) is 7.99. The lowest BCUT2D eigenvalue weighted by atomic mass is 10.1. The third kappa shape index (κ3) is 4.27. The summed E-state index contributed by atoms with van der Waals surface area (Å²) in [5, 5.41) is 9.40. The fourth-order valence-electron chi connectivity index (χ4n) is 2.43. The number of carbonyl (C=O) groups excluding carboxylic acids is 1. The topological polar surface area (TPSA) is 76.3 Å². The molecule has 0 aliphatic heterocycles. The number of ether oxygens (including phenoxy) is 2. The summed E-state index contributed by atoms with van der Waals surface area (Å²) in [6.45, 7) is 6.11. The molecular formula is C19H20BrN3O3. The Labute approximate surface area is 161 Å². The molecule has 7 heteroatoms. The van der Waals surface area contributed by atoms with Gasteiger partial charge in [-0.15, -0.1) is 0 Å². The van der Waals surface area contributed by atoms with Crippen LogP contribution in [0.15, 0.2) is 34.3 Å². The minimum atomic E-state index is -0.487. The first-order valence-corrected chi connectivity index (χ1v) is 8.79. The molecular weight excluding hydrogens is 398 g/mol. The Balaban J connectivity index is 2.35. The number of methoxy groups -OCH3 is 1. The average molecular weight is 418 g/mol. The predicted molar refractivity (Wildman–Crippen MR) is 104 cm³/mol. The second kappa shape index (κ2) is 8.59. The van der Waals surface area contributed by atoms with Crippen molar-refractivity contribution in [2.24, 2.45) is 0 Å². The van der Waals surface area contributed by atoms with Crippen molar-refractivity contribution in [3.05, 3.63) is 51.3 Å². The maximum Gasteiger partial charge on any atom is 0.280 e. The highest BCUT2D eigenvalue weighted by Crippen LogP contribution is 2.37. The van der Waals surface area contributed by atoms with Crippen LogP contribution in [0.4, 0.5) is 0 Å². The third-order valence-electron chi connectivity index (χ3n) is 3.70. The number of carbonyl (C=O) groups is 1. The number of nitrogens with zero attached hydrogens (tertiary/aromatic N) is 2. The molecule has 0 aliphatic rings. The van der Waals surface area contributed by atoms with Crippen molar-refractivity contribution in [3.63, 3.8) is 0 Å². The molecule has 1 heterocycles. The lowest BCUT2D eigenvalue weighted by molar-refractivity contribution is -0.113. The Bertz CT molecular complexity index is 875. The number of amides is 1. The van der Waals surface area contributed by atoms with Crippen LogP contribution >= 0.6 is 15.9 Å². The predicted octanol–water partition coefficient (Wildman–Crippen LogP) is 3.95. The zero-order chi connectivity index (χ0) is 19.3. The SMILES string of the molecule is CCOc1c(Br)cc(/C=C(/C#N)C(=O)Nn2c(C)ccc2C)cc1OC. The van der Waals surface area contributed by atoms with Crippen LogP contribution in [0.5, 0.6) is 11.5 Å². The van der Waals surface area contributed by atoms with Gasteiger partial charge in [-0.25, -0.2) is 0 Å². The van der Waals surface area contributed by atoms with E-state index in [4.69, 9.17) is 9.47 Å². The minimum absolute atomic E-state index is 0.0180. The summed E-state index contributed by atoms with van der Waals surface area (Å²) in [6, 6.07) is 9.21. The summed E-state index contributed by atoms with van der Waals surface area (Å²) in [7, 11) is 1.54. The van der Waals surface area contributed by atoms with Crippen molar-refractivity contribution in [3.8, 4) is 17.6 Å². The Hall–Kier alpha value is -2.72. The van der Waals surface area contributed by atoms with E-state index in [1.165, 1.54) is 13.2 Å². The molecule has 0 spiro atoms. The van der Waals surface area contributed by atoms with Gasteiger partial charge in [0.2, 0.25) is 0 Å². The lowest BCUT2D eigenvalue weighted by Crippen LogP contribution is -2.25. The maximum absolute atomic E-state index is 12.5. The summed E-state index contributed by atoms with van der Waals surface area (Å²) < 4.78 is 13.2. The van der Waals surface area contributed by atoms with E-state index in [9.17, 15) is 10.1 Å². The van der Waals surface area contributed by atoms with Crippen LogP contribution < -0.4 is 14.9 Å². The molecule has 0 atom stereocenters. The molecule has 0 unspecified atom stereocenters. The third-order valence-corrected chi connectivity index (χ3v) is 4.29. The van der Waals surface area contributed by atoms with Gasteiger partial charge in [0.1, 0.15) is 11.6 Å². The molecule has 2 rings (SSSR count). The quantitative estimate of drug-likeness (QED) is 0.569. The number of hydrogen-bond acceptors (Lipinski definition) is 4. The monoisotopic (exact) mass is 417 g/mol. The van der Waals surface area contributed by atoms with Crippen LogP contribution in [0.25, 0.3) is 6.08 Å². The zero-order valence-electron chi connectivity index (χ0n) is 15.1.